The second kappa shape index (κ2) is 10.8. The van der Waals surface area contributed by atoms with Gasteiger partial charge in [0, 0.05) is 31.4 Å². The quantitative estimate of drug-likeness (QED) is 0.402. The van der Waals surface area contributed by atoms with Gasteiger partial charge in [-0.3, -0.25) is 4.90 Å². The van der Waals surface area contributed by atoms with Crippen LogP contribution in [-0.2, 0) is 15.7 Å². The fourth-order valence-electron chi connectivity index (χ4n) is 6.77. The van der Waals surface area contributed by atoms with Gasteiger partial charge in [-0.2, -0.15) is 23.1 Å². The second-order valence-corrected chi connectivity index (χ2v) is 13.6. The molecule has 4 aliphatic rings. The molecule has 2 bridgehead atoms. The molecule has 2 unspecified atom stereocenters. The molecule has 15 heteroatoms. The van der Waals surface area contributed by atoms with Gasteiger partial charge in [0.25, 0.3) is 0 Å². The summed E-state index contributed by atoms with van der Waals surface area (Å²) in [5.74, 6) is -1.15. The molecule has 236 valence electrons. The predicted octanol–water partition coefficient (Wildman–Crippen LogP) is 5.33. The summed E-state index contributed by atoms with van der Waals surface area (Å²) in [5.41, 5.74) is -2.81. The van der Waals surface area contributed by atoms with Crippen LogP contribution in [0.5, 0.6) is 6.01 Å². The van der Waals surface area contributed by atoms with Crippen LogP contribution >= 0.6 is 15.9 Å². The minimum absolute atomic E-state index is 0.0506. The standard InChI is InChI=1S/C28H33BrF5N5O4/c1-26(2,3)43-25(40)37-10-16-12-41-13-17(11-37)39(16)23-18-7-19(28(32,33)34)20(29)21(31)22(18)35-24(36-23)42-14-27-5-4-6-38(27)9-15(30)8-27/h7,15-17H,4-6,8-14H2,1-3H3/t15-,16?,17?,27+/m1/s1. The van der Waals surface area contributed by atoms with Crippen molar-refractivity contribution in [2.45, 2.75) is 75.6 Å². The third-order valence-corrected chi connectivity index (χ3v) is 9.31. The van der Waals surface area contributed by atoms with Crippen LogP contribution in [0.1, 0.15) is 45.6 Å². The topological polar surface area (TPSA) is 80.3 Å². The molecule has 0 N–H and O–H groups in total. The maximum Gasteiger partial charge on any atom is 0.417 e. The first-order chi connectivity index (χ1) is 20.1. The van der Waals surface area contributed by atoms with Gasteiger partial charge >= 0.3 is 18.3 Å². The van der Waals surface area contributed by atoms with E-state index < -0.39 is 57.5 Å². The molecule has 9 nitrogen and oxygen atoms in total. The summed E-state index contributed by atoms with van der Waals surface area (Å²) >= 11 is 2.78. The van der Waals surface area contributed by atoms with Gasteiger partial charge in [0.1, 0.15) is 29.7 Å². The Labute approximate surface area is 253 Å². The van der Waals surface area contributed by atoms with E-state index in [4.69, 9.17) is 14.2 Å². The molecule has 0 spiro atoms. The molecule has 43 heavy (non-hydrogen) atoms. The highest BCUT2D eigenvalue weighted by Crippen LogP contribution is 2.44. The van der Waals surface area contributed by atoms with Crippen LogP contribution in [0.2, 0.25) is 0 Å². The predicted molar refractivity (Wildman–Crippen MR) is 149 cm³/mol. The van der Waals surface area contributed by atoms with Crippen molar-refractivity contribution >= 4 is 38.7 Å². The first-order valence-electron chi connectivity index (χ1n) is 14.3. The van der Waals surface area contributed by atoms with Crippen LogP contribution in [0.25, 0.3) is 10.9 Å². The van der Waals surface area contributed by atoms with E-state index in [0.29, 0.717) is 6.54 Å². The number of carbonyl (C=O) groups excluding carboxylic acids is 1. The number of alkyl halides is 4. The van der Waals surface area contributed by atoms with Crippen molar-refractivity contribution in [1.29, 1.82) is 0 Å². The van der Waals surface area contributed by atoms with Crippen LogP contribution in [-0.4, -0.2) is 101 Å². The lowest BCUT2D eigenvalue weighted by atomic mass is 9.95. The maximum absolute atomic E-state index is 15.7. The normalized spacial score (nSPS) is 28.0. The number of rotatable bonds is 4. The van der Waals surface area contributed by atoms with Crippen molar-refractivity contribution < 1.29 is 41.0 Å². The van der Waals surface area contributed by atoms with Gasteiger partial charge in [-0.1, -0.05) is 0 Å². The number of hydrogen-bond acceptors (Lipinski definition) is 8. The molecule has 2 aromatic rings. The molecular weight excluding hydrogens is 645 g/mol. The van der Waals surface area contributed by atoms with Gasteiger partial charge in [-0.05, 0) is 62.2 Å². The number of hydrogen-bond donors (Lipinski definition) is 0. The average molecular weight is 678 g/mol. The van der Waals surface area contributed by atoms with E-state index in [1.807, 2.05) is 4.90 Å². The number of fused-ring (bicyclic) bond motifs is 4. The Bertz CT molecular complexity index is 1410. The zero-order valence-corrected chi connectivity index (χ0v) is 25.6. The summed E-state index contributed by atoms with van der Waals surface area (Å²) in [4.78, 5) is 27.1. The molecule has 1 aromatic heterocycles. The zero-order valence-electron chi connectivity index (χ0n) is 24.0. The molecule has 0 saturated carbocycles. The Balaban J connectivity index is 1.41. The van der Waals surface area contributed by atoms with Crippen LogP contribution in [0, 0.1) is 5.82 Å². The van der Waals surface area contributed by atoms with E-state index in [1.165, 1.54) is 0 Å². The Morgan fingerprint density at radius 3 is 2.51 bits per heavy atom. The molecule has 4 saturated heterocycles. The number of morpholine rings is 1. The number of benzene rings is 1. The Kier molecular flexibility index (Phi) is 7.68. The molecular formula is C28H33BrF5N5O4. The lowest BCUT2D eigenvalue weighted by Crippen LogP contribution is -2.66. The van der Waals surface area contributed by atoms with Crippen molar-refractivity contribution in [1.82, 2.24) is 19.8 Å². The average Bonchev–Trinajstić information content (AvgIpc) is 3.42. The van der Waals surface area contributed by atoms with Crippen LogP contribution < -0.4 is 9.64 Å². The third kappa shape index (κ3) is 5.72. The maximum atomic E-state index is 15.7. The first kappa shape index (κ1) is 30.5. The van der Waals surface area contributed by atoms with Crippen molar-refractivity contribution in [3.05, 3.63) is 21.9 Å². The number of ether oxygens (including phenoxy) is 3. The highest BCUT2D eigenvalue weighted by molar-refractivity contribution is 9.10. The number of piperazine rings is 1. The molecule has 4 atom stereocenters. The third-order valence-electron chi connectivity index (χ3n) is 8.53. The number of nitrogens with zero attached hydrogens (tertiary/aromatic N) is 5. The molecule has 4 fully saturated rings. The molecule has 0 aliphatic carbocycles. The van der Waals surface area contributed by atoms with E-state index in [2.05, 4.69) is 25.9 Å². The van der Waals surface area contributed by atoms with Crippen LogP contribution in [0.4, 0.5) is 32.6 Å². The summed E-state index contributed by atoms with van der Waals surface area (Å²) < 4.78 is 88.5. The van der Waals surface area contributed by atoms with E-state index in [-0.39, 0.29) is 62.1 Å². The monoisotopic (exact) mass is 677 g/mol. The van der Waals surface area contributed by atoms with E-state index in [1.54, 1.807) is 30.6 Å². The van der Waals surface area contributed by atoms with Gasteiger partial charge in [0.15, 0.2) is 5.82 Å². The van der Waals surface area contributed by atoms with Gasteiger partial charge in [0.05, 0.1) is 40.9 Å². The fourth-order valence-corrected chi connectivity index (χ4v) is 7.29. The van der Waals surface area contributed by atoms with Crippen LogP contribution in [0.3, 0.4) is 0 Å². The Morgan fingerprint density at radius 1 is 1.16 bits per heavy atom. The number of halogens is 6. The molecule has 1 amide bonds. The van der Waals surface area contributed by atoms with Crippen molar-refractivity contribution in [3.8, 4) is 6.01 Å². The fraction of sp³-hybridized carbons (Fsp3) is 0.679. The van der Waals surface area contributed by atoms with Gasteiger partial charge in [0.2, 0.25) is 0 Å². The summed E-state index contributed by atoms with van der Waals surface area (Å²) in [6, 6.07) is -0.415. The minimum atomic E-state index is -4.86. The summed E-state index contributed by atoms with van der Waals surface area (Å²) in [7, 11) is 0. The van der Waals surface area contributed by atoms with E-state index in [0.717, 1.165) is 25.5 Å². The second-order valence-electron chi connectivity index (χ2n) is 12.8. The van der Waals surface area contributed by atoms with Crippen molar-refractivity contribution in [2.24, 2.45) is 0 Å². The highest BCUT2D eigenvalue weighted by atomic mass is 79.9. The number of aromatic nitrogens is 2. The Hall–Kier alpha value is -2.52. The van der Waals surface area contributed by atoms with Crippen molar-refractivity contribution in [3.63, 3.8) is 0 Å². The molecule has 6 rings (SSSR count). The van der Waals surface area contributed by atoms with Crippen molar-refractivity contribution in [2.75, 3.05) is 50.9 Å². The SMILES string of the molecule is CC(C)(C)OC(=O)N1CC2COCC(C1)N2c1nc(OC[C@@]23CCCN2C[C@H](F)C3)nc2c(F)c(Br)c(C(F)(F)F)cc12. The first-order valence-corrected chi connectivity index (χ1v) is 15.1. The molecule has 5 heterocycles. The summed E-state index contributed by atoms with van der Waals surface area (Å²) in [6.45, 7) is 6.97. The molecule has 0 radical (unpaired) electrons. The molecule has 4 aliphatic heterocycles. The Morgan fingerprint density at radius 2 is 1.86 bits per heavy atom. The van der Waals surface area contributed by atoms with Gasteiger partial charge in [-0.25, -0.2) is 13.6 Å². The summed E-state index contributed by atoms with van der Waals surface area (Å²) in [6.07, 6.45) is -4.48. The highest BCUT2D eigenvalue weighted by Gasteiger charge is 2.50. The largest absolute Gasteiger partial charge is 0.461 e. The van der Waals surface area contributed by atoms with Crippen LogP contribution in [0.15, 0.2) is 10.5 Å². The lowest BCUT2D eigenvalue weighted by molar-refractivity contribution is -0.138. The smallest absolute Gasteiger partial charge is 0.417 e. The van der Waals surface area contributed by atoms with Gasteiger partial charge < -0.3 is 24.0 Å². The zero-order chi connectivity index (χ0) is 30.9. The van der Waals surface area contributed by atoms with Gasteiger partial charge in [-0.15, -0.1) is 0 Å². The lowest BCUT2D eigenvalue weighted by Gasteiger charge is -2.50. The number of anilines is 1. The minimum Gasteiger partial charge on any atom is -0.461 e. The number of carbonyl (C=O) groups is 1. The van der Waals surface area contributed by atoms with E-state index >= 15 is 4.39 Å². The van der Waals surface area contributed by atoms with E-state index in [9.17, 15) is 22.4 Å². The molecule has 1 aromatic carbocycles. The summed E-state index contributed by atoms with van der Waals surface area (Å²) in [5, 5.41) is -0.145. The number of amides is 1.